The second kappa shape index (κ2) is 11.0. The number of nitrogens with zero attached hydrogens (tertiary/aromatic N) is 3. The topological polar surface area (TPSA) is 38.7 Å². The summed E-state index contributed by atoms with van der Waals surface area (Å²) in [4.78, 5) is 14.7. The van der Waals surface area contributed by atoms with Crippen molar-refractivity contribution in [2.75, 3.05) is 0 Å². The molecule has 0 aliphatic heterocycles. The zero-order valence-electron chi connectivity index (χ0n) is 23.9. The Labute approximate surface area is 256 Å². The fourth-order valence-electron chi connectivity index (χ4n) is 6.00. The lowest BCUT2D eigenvalue weighted by Gasteiger charge is -2.13. The number of hydrogen-bond acceptors (Lipinski definition) is 3. The molecule has 0 amide bonds. The number of hydrogen-bond donors (Lipinski definition) is 0. The van der Waals surface area contributed by atoms with Crippen molar-refractivity contribution in [3.05, 3.63) is 164 Å². The Morgan fingerprint density at radius 2 is 0.886 bits per heavy atom. The first-order chi connectivity index (χ1) is 21.8. The zero-order chi connectivity index (χ0) is 29.3. The van der Waals surface area contributed by atoms with Gasteiger partial charge in [-0.15, -0.1) is 0 Å². The van der Waals surface area contributed by atoms with E-state index in [1.54, 1.807) is 6.20 Å². The summed E-state index contributed by atoms with van der Waals surface area (Å²) in [6.45, 7) is 0. The van der Waals surface area contributed by atoms with Crippen LogP contribution in [0.5, 0.6) is 0 Å². The second-order valence-electron chi connectivity index (χ2n) is 10.9. The molecular formula is C41H27N3. The number of benzene rings is 6. The number of pyridine rings is 1. The van der Waals surface area contributed by atoms with Crippen LogP contribution >= 0.6 is 0 Å². The van der Waals surface area contributed by atoms with E-state index in [0.717, 1.165) is 55.5 Å². The van der Waals surface area contributed by atoms with Crippen LogP contribution in [-0.4, -0.2) is 15.0 Å². The molecule has 8 rings (SSSR count). The van der Waals surface area contributed by atoms with Crippen molar-refractivity contribution in [1.82, 2.24) is 15.0 Å². The first-order valence-electron chi connectivity index (χ1n) is 14.8. The maximum atomic E-state index is 5.21. The van der Waals surface area contributed by atoms with E-state index in [1.807, 2.05) is 12.3 Å². The average molecular weight is 562 g/mol. The van der Waals surface area contributed by atoms with Crippen LogP contribution in [0.4, 0.5) is 0 Å². The molecule has 8 aromatic rings. The largest absolute Gasteiger partial charge is 0.264 e. The summed E-state index contributed by atoms with van der Waals surface area (Å²) in [5, 5.41) is 4.76. The fourth-order valence-corrected chi connectivity index (χ4v) is 6.00. The second-order valence-corrected chi connectivity index (χ2v) is 10.9. The molecule has 0 fully saturated rings. The molecular weight excluding hydrogens is 534 g/mol. The third-order valence-corrected chi connectivity index (χ3v) is 8.17. The summed E-state index contributed by atoms with van der Waals surface area (Å²) in [7, 11) is 0. The van der Waals surface area contributed by atoms with Crippen LogP contribution in [0, 0.1) is 0 Å². The molecule has 0 N–H and O–H groups in total. The summed E-state index contributed by atoms with van der Waals surface area (Å²) in [6, 6.07) is 53.1. The fraction of sp³-hybridized carbons (Fsp3) is 0. The van der Waals surface area contributed by atoms with Gasteiger partial charge in [-0.1, -0.05) is 127 Å². The third-order valence-electron chi connectivity index (χ3n) is 8.17. The van der Waals surface area contributed by atoms with Crippen LogP contribution in [-0.2, 0) is 0 Å². The van der Waals surface area contributed by atoms with Crippen molar-refractivity contribution in [2.24, 2.45) is 0 Å². The van der Waals surface area contributed by atoms with Crippen molar-refractivity contribution < 1.29 is 0 Å². The molecule has 44 heavy (non-hydrogen) atoms. The van der Waals surface area contributed by atoms with Gasteiger partial charge in [0.15, 0.2) is 5.82 Å². The Morgan fingerprint density at radius 1 is 0.364 bits per heavy atom. The van der Waals surface area contributed by atoms with E-state index in [2.05, 4.69) is 151 Å². The maximum absolute atomic E-state index is 5.21. The molecule has 2 aromatic heterocycles. The van der Waals surface area contributed by atoms with Crippen molar-refractivity contribution >= 4 is 21.5 Å². The van der Waals surface area contributed by atoms with Crippen molar-refractivity contribution in [1.29, 1.82) is 0 Å². The van der Waals surface area contributed by atoms with Gasteiger partial charge in [-0.25, -0.2) is 9.97 Å². The van der Waals surface area contributed by atoms with Gasteiger partial charge < -0.3 is 0 Å². The number of rotatable bonds is 5. The zero-order valence-corrected chi connectivity index (χ0v) is 23.9. The quantitative estimate of drug-likeness (QED) is 0.210. The van der Waals surface area contributed by atoms with E-state index in [9.17, 15) is 0 Å². The molecule has 0 saturated heterocycles. The minimum Gasteiger partial charge on any atom is -0.264 e. The van der Waals surface area contributed by atoms with Gasteiger partial charge in [-0.3, -0.25) is 4.98 Å². The average Bonchev–Trinajstić information content (AvgIpc) is 3.11. The van der Waals surface area contributed by atoms with Gasteiger partial charge >= 0.3 is 0 Å². The van der Waals surface area contributed by atoms with Crippen molar-refractivity contribution in [3.8, 4) is 56.2 Å². The molecule has 6 aromatic carbocycles. The number of aromatic nitrogens is 3. The number of fused-ring (bicyclic) bond motifs is 2. The lowest BCUT2D eigenvalue weighted by Crippen LogP contribution is -1.97. The molecule has 0 atom stereocenters. The van der Waals surface area contributed by atoms with Crippen molar-refractivity contribution in [3.63, 3.8) is 0 Å². The van der Waals surface area contributed by atoms with Gasteiger partial charge in [0.25, 0.3) is 0 Å². The summed E-state index contributed by atoms with van der Waals surface area (Å²) in [5.74, 6) is 0.705. The maximum Gasteiger partial charge on any atom is 0.161 e. The lowest BCUT2D eigenvalue weighted by molar-refractivity contribution is 1.19. The van der Waals surface area contributed by atoms with Gasteiger partial charge in [0, 0.05) is 34.6 Å². The van der Waals surface area contributed by atoms with Crippen LogP contribution in [0.25, 0.3) is 77.7 Å². The van der Waals surface area contributed by atoms with E-state index >= 15 is 0 Å². The molecule has 206 valence electrons. The normalized spacial score (nSPS) is 11.2. The highest BCUT2D eigenvalue weighted by Gasteiger charge is 2.14. The first kappa shape index (κ1) is 25.8. The minimum atomic E-state index is 0.705. The van der Waals surface area contributed by atoms with Gasteiger partial charge in [-0.05, 0) is 62.5 Å². The molecule has 0 radical (unpaired) electrons. The molecule has 0 bridgehead atoms. The van der Waals surface area contributed by atoms with E-state index in [0.29, 0.717) is 5.82 Å². The first-order valence-corrected chi connectivity index (χ1v) is 14.8. The van der Waals surface area contributed by atoms with Crippen LogP contribution in [0.15, 0.2) is 164 Å². The molecule has 0 spiro atoms. The monoisotopic (exact) mass is 561 g/mol. The summed E-state index contributed by atoms with van der Waals surface area (Å²) >= 11 is 0. The standard InChI is InChI=1S/C41H27N3/c1-3-19-35-28(10-1)12-7-21-37(35)31-15-6-17-33(25-31)40-26-39(32-16-5-14-30(24-32)34-18-9-23-42-27-34)43-41(44-40)38-22-8-13-29-11-2-4-20-36(29)38/h1-27H. The van der Waals surface area contributed by atoms with Crippen LogP contribution in [0.1, 0.15) is 0 Å². The Kier molecular flexibility index (Phi) is 6.47. The summed E-state index contributed by atoms with van der Waals surface area (Å²) in [6.07, 6.45) is 3.69. The van der Waals surface area contributed by atoms with Crippen LogP contribution in [0.3, 0.4) is 0 Å². The predicted octanol–water partition coefficient (Wildman–Crippen LogP) is 10.5. The summed E-state index contributed by atoms with van der Waals surface area (Å²) < 4.78 is 0. The predicted molar refractivity (Wildman–Crippen MR) is 182 cm³/mol. The van der Waals surface area contributed by atoms with Gasteiger partial charge in [0.05, 0.1) is 11.4 Å². The molecule has 0 saturated carbocycles. The highest BCUT2D eigenvalue weighted by Crippen LogP contribution is 2.35. The summed E-state index contributed by atoms with van der Waals surface area (Å²) in [5.41, 5.74) is 9.38. The molecule has 0 aliphatic carbocycles. The van der Waals surface area contributed by atoms with Crippen molar-refractivity contribution in [2.45, 2.75) is 0 Å². The Bertz CT molecular complexity index is 2280. The van der Waals surface area contributed by atoms with Gasteiger partial charge in [0.1, 0.15) is 0 Å². The minimum absolute atomic E-state index is 0.705. The van der Waals surface area contributed by atoms with Gasteiger partial charge in [0.2, 0.25) is 0 Å². The molecule has 0 unspecified atom stereocenters. The molecule has 0 aliphatic rings. The van der Waals surface area contributed by atoms with E-state index in [-0.39, 0.29) is 0 Å². The Balaban J connectivity index is 1.32. The smallest absolute Gasteiger partial charge is 0.161 e. The highest BCUT2D eigenvalue weighted by molar-refractivity contribution is 5.98. The Morgan fingerprint density at radius 3 is 1.57 bits per heavy atom. The van der Waals surface area contributed by atoms with E-state index in [4.69, 9.17) is 9.97 Å². The van der Waals surface area contributed by atoms with E-state index < -0.39 is 0 Å². The Hall–Kier alpha value is -5.93. The highest BCUT2D eigenvalue weighted by atomic mass is 14.9. The van der Waals surface area contributed by atoms with E-state index in [1.165, 1.54) is 16.3 Å². The molecule has 2 heterocycles. The van der Waals surface area contributed by atoms with Crippen LogP contribution < -0.4 is 0 Å². The third kappa shape index (κ3) is 4.81. The SMILES string of the molecule is c1cncc(-c2cccc(-c3cc(-c4cccc(-c5cccc6ccccc56)c4)nc(-c4cccc5ccccc45)n3)c2)c1. The van der Waals surface area contributed by atoms with Gasteiger partial charge in [-0.2, -0.15) is 0 Å². The van der Waals surface area contributed by atoms with Crippen LogP contribution in [0.2, 0.25) is 0 Å². The molecule has 3 heteroatoms. The lowest BCUT2D eigenvalue weighted by atomic mass is 9.96. The molecule has 3 nitrogen and oxygen atoms in total.